The number of hydrogen-bond donors (Lipinski definition) is 1. The van der Waals surface area contributed by atoms with Crippen molar-refractivity contribution < 1.29 is 22.9 Å². The van der Waals surface area contributed by atoms with Crippen molar-refractivity contribution in [2.75, 3.05) is 5.32 Å². The second-order valence-electron chi connectivity index (χ2n) is 4.44. The van der Waals surface area contributed by atoms with Gasteiger partial charge >= 0.3 is 6.18 Å². The van der Waals surface area contributed by atoms with Crippen LogP contribution in [0.2, 0.25) is 0 Å². The molecule has 0 radical (unpaired) electrons. The number of aromatic nitrogens is 2. The van der Waals surface area contributed by atoms with E-state index in [1.807, 2.05) is 0 Å². The third-order valence-electron chi connectivity index (χ3n) is 2.76. The van der Waals surface area contributed by atoms with Crippen LogP contribution in [0.25, 0.3) is 0 Å². The summed E-state index contributed by atoms with van der Waals surface area (Å²) in [5, 5.41) is 19.4. The Morgan fingerprint density at radius 1 is 1.46 bits per heavy atom. The second-order valence-corrected chi connectivity index (χ2v) is 6.86. The van der Waals surface area contributed by atoms with Crippen LogP contribution >= 0.6 is 23.1 Å². The Balaban J connectivity index is 2.21. The number of carbonyl (C=O) groups excluding carboxylic acids is 1. The maximum Gasteiger partial charge on any atom is 0.418 e. The van der Waals surface area contributed by atoms with Crippen molar-refractivity contribution in [3.8, 4) is 0 Å². The van der Waals surface area contributed by atoms with E-state index >= 15 is 0 Å². The van der Waals surface area contributed by atoms with E-state index in [0.29, 0.717) is 10.4 Å². The van der Waals surface area contributed by atoms with Gasteiger partial charge in [0.2, 0.25) is 5.91 Å². The van der Waals surface area contributed by atoms with E-state index < -0.39 is 39.2 Å². The molecule has 1 aromatic carbocycles. The first-order valence-electron chi connectivity index (χ1n) is 6.28. The van der Waals surface area contributed by atoms with Crippen molar-refractivity contribution in [3.05, 3.63) is 39.4 Å². The summed E-state index contributed by atoms with van der Waals surface area (Å²) in [4.78, 5) is 21.8. The molecular formula is C12H9F3N4O3S2. The van der Waals surface area contributed by atoms with Crippen LogP contribution in [0, 0.1) is 10.1 Å². The summed E-state index contributed by atoms with van der Waals surface area (Å²) in [6.45, 7) is 1.50. The summed E-state index contributed by atoms with van der Waals surface area (Å²) in [5.74, 6) is -0.686. The molecule has 7 nitrogen and oxygen atoms in total. The average Bonchev–Trinajstić information content (AvgIpc) is 2.99. The minimum absolute atomic E-state index is 0.387. The first-order valence-corrected chi connectivity index (χ1v) is 8.03. The minimum Gasteiger partial charge on any atom is -0.325 e. The molecule has 128 valence electrons. The Morgan fingerprint density at radius 3 is 2.71 bits per heavy atom. The molecular weight excluding hydrogens is 369 g/mol. The lowest BCUT2D eigenvalue weighted by molar-refractivity contribution is -0.385. The van der Waals surface area contributed by atoms with Crippen LogP contribution in [0.3, 0.4) is 0 Å². The number of nitrogens with one attached hydrogen (secondary N) is 1. The monoisotopic (exact) mass is 378 g/mol. The third kappa shape index (κ3) is 4.41. The summed E-state index contributed by atoms with van der Waals surface area (Å²) in [5.41, 5.74) is -1.07. The van der Waals surface area contributed by atoms with Crippen molar-refractivity contribution in [2.24, 2.45) is 0 Å². The largest absolute Gasteiger partial charge is 0.418 e. The summed E-state index contributed by atoms with van der Waals surface area (Å²) in [6.07, 6.45) is -4.84. The highest BCUT2D eigenvalue weighted by molar-refractivity contribution is 8.02. The van der Waals surface area contributed by atoms with E-state index in [-0.39, 0.29) is 0 Å². The molecule has 0 spiro atoms. The van der Waals surface area contributed by atoms with Crippen LogP contribution in [0.4, 0.5) is 24.5 Å². The predicted octanol–water partition coefficient (Wildman–Crippen LogP) is 3.58. The number of nitro groups is 1. The number of nitrogens with zero attached hydrogens (tertiary/aromatic N) is 3. The fourth-order valence-corrected chi connectivity index (χ4v) is 3.27. The normalized spacial score (nSPS) is 12.7. The van der Waals surface area contributed by atoms with Gasteiger partial charge < -0.3 is 5.32 Å². The molecule has 0 bridgehead atoms. The Labute approximate surface area is 141 Å². The number of hydrogen-bond acceptors (Lipinski definition) is 7. The number of alkyl halides is 3. The molecule has 24 heavy (non-hydrogen) atoms. The van der Waals surface area contributed by atoms with Crippen LogP contribution in [-0.2, 0) is 11.0 Å². The van der Waals surface area contributed by atoms with Crippen molar-refractivity contribution in [1.29, 1.82) is 0 Å². The third-order valence-corrected chi connectivity index (χ3v) is 4.68. The van der Waals surface area contributed by atoms with Crippen LogP contribution in [0.5, 0.6) is 0 Å². The fraction of sp³-hybridized carbons (Fsp3) is 0.250. The van der Waals surface area contributed by atoms with Crippen LogP contribution in [0.1, 0.15) is 12.5 Å². The van der Waals surface area contributed by atoms with Crippen LogP contribution in [0.15, 0.2) is 28.0 Å². The van der Waals surface area contributed by atoms with Crippen molar-refractivity contribution >= 4 is 40.4 Å². The molecule has 0 unspecified atom stereocenters. The molecule has 12 heteroatoms. The van der Waals surface area contributed by atoms with Gasteiger partial charge in [-0.3, -0.25) is 14.9 Å². The van der Waals surface area contributed by atoms with Gasteiger partial charge in [-0.2, -0.15) is 13.2 Å². The van der Waals surface area contributed by atoms with Gasteiger partial charge in [0, 0.05) is 12.1 Å². The number of halogens is 3. The molecule has 2 rings (SSSR count). The lowest BCUT2D eigenvalue weighted by Crippen LogP contribution is -2.24. The second kappa shape index (κ2) is 7.13. The number of non-ortho nitro benzene ring substituents is 1. The highest BCUT2D eigenvalue weighted by Crippen LogP contribution is 2.37. The maximum absolute atomic E-state index is 13.1. The molecule has 0 aliphatic rings. The zero-order valence-electron chi connectivity index (χ0n) is 11.9. The van der Waals surface area contributed by atoms with Gasteiger partial charge in [-0.15, -0.1) is 10.2 Å². The zero-order chi connectivity index (χ0) is 17.9. The molecule has 1 amide bonds. The molecule has 1 heterocycles. The maximum atomic E-state index is 13.1. The lowest BCUT2D eigenvalue weighted by Gasteiger charge is -2.15. The molecule has 1 N–H and O–H groups in total. The molecule has 0 saturated heterocycles. The summed E-state index contributed by atoms with van der Waals surface area (Å²) >= 11 is 2.24. The number of carbonyl (C=O) groups is 1. The van der Waals surface area contributed by atoms with Gasteiger partial charge in [0.15, 0.2) is 4.34 Å². The Hall–Kier alpha value is -2.21. The summed E-state index contributed by atoms with van der Waals surface area (Å²) in [7, 11) is 0. The molecule has 0 fully saturated rings. The van der Waals surface area contributed by atoms with E-state index in [2.05, 4.69) is 15.5 Å². The Kier molecular flexibility index (Phi) is 5.39. The first kappa shape index (κ1) is 18.1. The topological polar surface area (TPSA) is 98.0 Å². The van der Waals surface area contributed by atoms with Crippen LogP contribution < -0.4 is 5.32 Å². The molecule has 0 aliphatic heterocycles. The van der Waals surface area contributed by atoms with E-state index in [9.17, 15) is 28.1 Å². The van der Waals surface area contributed by atoms with Gasteiger partial charge in [0.05, 0.1) is 21.4 Å². The van der Waals surface area contributed by atoms with Crippen molar-refractivity contribution in [3.63, 3.8) is 0 Å². The lowest BCUT2D eigenvalue weighted by atomic mass is 10.1. The van der Waals surface area contributed by atoms with Gasteiger partial charge in [0.1, 0.15) is 5.51 Å². The number of rotatable bonds is 5. The average molecular weight is 378 g/mol. The van der Waals surface area contributed by atoms with Crippen molar-refractivity contribution in [2.45, 2.75) is 22.7 Å². The van der Waals surface area contributed by atoms with Gasteiger partial charge in [0.25, 0.3) is 5.69 Å². The summed E-state index contributed by atoms with van der Waals surface area (Å²) in [6, 6.07) is 2.15. The molecule has 1 aromatic heterocycles. The van der Waals surface area contributed by atoms with E-state index in [4.69, 9.17) is 0 Å². The highest BCUT2D eigenvalue weighted by Gasteiger charge is 2.36. The predicted molar refractivity (Wildman–Crippen MR) is 82.0 cm³/mol. The molecule has 1 atom stereocenters. The Bertz CT molecular complexity index is 753. The Morgan fingerprint density at radius 2 is 2.17 bits per heavy atom. The van der Waals surface area contributed by atoms with Crippen LogP contribution in [-0.4, -0.2) is 26.3 Å². The van der Waals surface area contributed by atoms with Gasteiger partial charge in [-0.25, -0.2) is 0 Å². The fourth-order valence-electron chi connectivity index (χ4n) is 1.64. The number of thioether (sulfide) groups is 1. The van der Waals surface area contributed by atoms with E-state index in [0.717, 1.165) is 23.9 Å². The molecule has 0 aliphatic carbocycles. The smallest absolute Gasteiger partial charge is 0.325 e. The number of anilines is 1. The SMILES string of the molecule is C[C@@H](Sc1nncs1)C(=O)Nc1ccc([N+](=O)[O-])cc1C(F)(F)F. The van der Waals surface area contributed by atoms with E-state index in [1.165, 1.54) is 23.8 Å². The number of nitro benzene ring substituents is 1. The standard InChI is InChI=1S/C12H9F3N4O3S2/c1-6(24-11-18-16-5-23-11)10(20)17-9-3-2-7(19(21)22)4-8(9)12(13,14)15/h2-6H,1H3,(H,17,20)/t6-/m1/s1. The molecule has 2 aromatic rings. The molecule has 0 saturated carbocycles. The first-order chi connectivity index (χ1) is 11.2. The van der Waals surface area contributed by atoms with Gasteiger partial charge in [-0.05, 0) is 13.0 Å². The summed E-state index contributed by atoms with van der Waals surface area (Å²) < 4.78 is 39.7. The van der Waals surface area contributed by atoms with Gasteiger partial charge in [-0.1, -0.05) is 23.1 Å². The highest BCUT2D eigenvalue weighted by atomic mass is 32.2. The minimum atomic E-state index is -4.84. The number of benzene rings is 1. The quantitative estimate of drug-likeness (QED) is 0.485. The van der Waals surface area contributed by atoms with Crippen molar-refractivity contribution in [1.82, 2.24) is 10.2 Å². The number of amides is 1. The van der Waals surface area contributed by atoms with E-state index in [1.54, 1.807) is 0 Å². The zero-order valence-corrected chi connectivity index (χ0v) is 13.5.